The van der Waals surface area contributed by atoms with Crippen LogP contribution in [-0.4, -0.2) is 25.2 Å². The molecule has 0 saturated heterocycles. The fraction of sp³-hybridized carbons (Fsp3) is 1.00. The van der Waals surface area contributed by atoms with Gasteiger partial charge in [-0.3, -0.25) is 0 Å². The standard InChI is InChI=1S/C27H50N2/c1-3-12-22(13-4-1)24-16-7-9-18-26(24)28-20-11-21-29-27-19-10-8-17-25(27)23-14-5-2-6-15-23/h22-29H,1-21H2. The molecule has 4 rings (SSSR count). The fourth-order valence-corrected chi connectivity index (χ4v) is 7.74. The summed E-state index contributed by atoms with van der Waals surface area (Å²) < 4.78 is 0. The van der Waals surface area contributed by atoms with Crippen molar-refractivity contribution in [1.82, 2.24) is 10.6 Å². The quantitative estimate of drug-likeness (QED) is 0.435. The molecule has 0 radical (unpaired) electrons. The van der Waals surface area contributed by atoms with Gasteiger partial charge in [0.25, 0.3) is 0 Å². The largest absolute Gasteiger partial charge is 0.314 e. The van der Waals surface area contributed by atoms with Crippen molar-refractivity contribution < 1.29 is 0 Å². The highest BCUT2D eigenvalue weighted by Crippen LogP contribution is 2.39. The Hall–Kier alpha value is -0.0800. The Morgan fingerprint density at radius 3 is 1.24 bits per heavy atom. The topological polar surface area (TPSA) is 24.1 Å². The van der Waals surface area contributed by atoms with Crippen LogP contribution in [0, 0.1) is 23.7 Å². The predicted octanol–water partition coefficient (Wildman–Crippen LogP) is 6.83. The molecule has 29 heavy (non-hydrogen) atoms. The molecule has 4 unspecified atom stereocenters. The first-order valence-electron chi connectivity index (χ1n) is 13.9. The van der Waals surface area contributed by atoms with E-state index in [4.69, 9.17) is 0 Å². The van der Waals surface area contributed by atoms with Gasteiger partial charge in [-0.25, -0.2) is 0 Å². The van der Waals surface area contributed by atoms with Gasteiger partial charge in [-0.15, -0.1) is 0 Å². The van der Waals surface area contributed by atoms with Gasteiger partial charge in [0, 0.05) is 12.1 Å². The summed E-state index contributed by atoms with van der Waals surface area (Å²) in [5.41, 5.74) is 0. The van der Waals surface area contributed by atoms with Gasteiger partial charge in [0.2, 0.25) is 0 Å². The molecule has 168 valence electrons. The molecule has 2 nitrogen and oxygen atoms in total. The Bertz CT molecular complexity index is 398. The summed E-state index contributed by atoms with van der Waals surface area (Å²) in [7, 11) is 0. The monoisotopic (exact) mass is 402 g/mol. The van der Waals surface area contributed by atoms with Gasteiger partial charge in [0.05, 0.1) is 0 Å². The van der Waals surface area contributed by atoms with Gasteiger partial charge < -0.3 is 10.6 Å². The zero-order valence-corrected chi connectivity index (χ0v) is 19.3. The minimum atomic E-state index is 0.830. The lowest BCUT2D eigenvalue weighted by molar-refractivity contribution is 0.145. The number of hydrogen-bond acceptors (Lipinski definition) is 2. The first kappa shape index (κ1) is 22.1. The van der Waals surface area contributed by atoms with Crippen LogP contribution in [0.2, 0.25) is 0 Å². The maximum atomic E-state index is 4.04. The van der Waals surface area contributed by atoms with Crippen LogP contribution >= 0.6 is 0 Å². The molecule has 4 aliphatic rings. The van der Waals surface area contributed by atoms with Crippen molar-refractivity contribution >= 4 is 0 Å². The van der Waals surface area contributed by atoms with Crippen molar-refractivity contribution in [1.29, 1.82) is 0 Å². The van der Waals surface area contributed by atoms with E-state index >= 15 is 0 Å². The van der Waals surface area contributed by atoms with Crippen molar-refractivity contribution in [2.45, 2.75) is 134 Å². The summed E-state index contributed by atoms with van der Waals surface area (Å²) in [6.07, 6.45) is 28.2. The molecule has 0 amide bonds. The van der Waals surface area contributed by atoms with Crippen LogP contribution < -0.4 is 10.6 Å². The average Bonchev–Trinajstić information content (AvgIpc) is 2.80. The number of nitrogens with one attached hydrogen (secondary N) is 2. The lowest BCUT2D eigenvalue weighted by Crippen LogP contribution is -2.45. The summed E-state index contributed by atoms with van der Waals surface area (Å²) >= 11 is 0. The summed E-state index contributed by atoms with van der Waals surface area (Å²) in [4.78, 5) is 0. The summed E-state index contributed by atoms with van der Waals surface area (Å²) in [5.74, 6) is 4.06. The van der Waals surface area contributed by atoms with Crippen molar-refractivity contribution in [2.24, 2.45) is 23.7 Å². The first-order chi connectivity index (χ1) is 14.4. The molecule has 0 bridgehead atoms. The van der Waals surface area contributed by atoms with Crippen molar-refractivity contribution in [3.63, 3.8) is 0 Å². The molecule has 4 saturated carbocycles. The van der Waals surface area contributed by atoms with E-state index in [1.165, 1.54) is 135 Å². The summed E-state index contributed by atoms with van der Waals surface area (Å²) in [6, 6.07) is 1.66. The normalized spacial score (nSPS) is 35.6. The van der Waals surface area contributed by atoms with Crippen LogP contribution in [0.5, 0.6) is 0 Å². The molecular weight excluding hydrogens is 352 g/mol. The van der Waals surface area contributed by atoms with Crippen LogP contribution in [-0.2, 0) is 0 Å². The van der Waals surface area contributed by atoms with E-state index in [-0.39, 0.29) is 0 Å². The highest BCUT2D eigenvalue weighted by Gasteiger charge is 2.33. The Morgan fingerprint density at radius 1 is 0.414 bits per heavy atom. The number of hydrogen-bond donors (Lipinski definition) is 2. The maximum absolute atomic E-state index is 4.04. The first-order valence-corrected chi connectivity index (χ1v) is 13.9. The van der Waals surface area contributed by atoms with E-state index in [0.717, 1.165) is 35.8 Å². The molecule has 0 aromatic heterocycles. The van der Waals surface area contributed by atoms with E-state index in [0.29, 0.717) is 0 Å². The Balaban J connectivity index is 1.16. The van der Waals surface area contributed by atoms with Crippen LogP contribution in [0.15, 0.2) is 0 Å². The third-order valence-electron chi connectivity index (χ3n) is 9.32. The average molecular weight is 403 g/mol. The molecule has 4 atom stereocenters. The minimum absolute atomic E-state index is 0.830. The second-order valence-corrected chi connectivity index (χ2v) is 11.2. The molecule has 0 heterocycles. The van der Waals surface area contributed by atoms with Crippen LogP contribution in [0.1, 0.15) is 122 Å². The van der Waals surface area contributed by atoms with E-state index in [1.54, 1.807) is 0 Å². The third kappa shape index (κ3) is 6.45. The van der Waals surface area contributed by atoms with Gasteiger partial charge in [-0.2, -0.15) is 0 Å². The number of rotatable bonds is 8. The Kier molecular flexibility index (Phi) is 9.22. The molecule has 2 N–H and O–H groups in total. The minimum Gasteiger partial charge on any atom is -0.314 e. The zero-order valence-electron chi connectivity index (χ0n) is 19.3. The lowest BCUT2D eigenvalue weighted by atomic mass is 9.71. The third-order valence-corrected chi connectivity index (χ3v) is 9.32. The van der Waals surface area contributed by atoms with Crippen molar-refractivity contribution in [3.8, 4) is 0 Å². The summed E-state index contributed by atoms with van der Waals surface area (Å²) in [5, 5.41) is 8.08. The molecule has 4 fully saturated rings. The molecule has 4 aliphatic carbocycles. The van der Waals surface area contributed by atoms with Gasteiger partial charge in [-0.05, 0) is 68.9 Å². The molecule has 0 aliphatic heterocycles. The van der Waals surface area contributed by atoms with Crippen LogP contribution in [0.3, 0.4) is 0 Å². The Morgan fingerprint density at radius 2 is 0.793 bits per heavy atom. The van der Waals surface area contributed by atoms with Crippen molar-refractivity contribution in [3.05, 3.63) is 0 Å². The second kappa shape index (κ2) is 12.1. The highest BCUT2D eigenvalue weighted by molar-refractivity contribution is 4.88. The molecular formula is C27H50N2. The SMILES string of the molecule is C1CCC(C2CCCCC2NCCCNC2CCCCC2C2CCCCC2)CC1. The summed E-state index contributed by atoms with van der Waals surface area (Å²) in [6.45, 7) is 2.48. The van der Waals surface area contributed by atoms with E-state index in [1.807, 2.05) is 0 Å². The molecule has 0 aromatic carbocycles. The highest BCUT2D eigenvalue weighted by atomic mass is 15.0. The van der Waals surface area contributed by atoms with E-state index < -0.39 is 0 Å². The van der Waals surface area contributed by atoms with Crippen LogP contribution in [0.4, 0.5) is 0 Å². The second-order valence-electron chi connectivity index (χ2n) is 11.2. The lowest BCUT2D eigenvalue weighted by Gasteiger charge is -2.40. The zero-order chi connectivity index (χ0) is 19.7. The van der Waals surface area contributed by atoms with E-state index in [2.05, 4.69) is 10.6 Å². The van der Waals surface area contributed by atoms with Gasteiger partial charge >= 0.3 is 0 Å². The molecule has 0 aromatic rings. The fourth-order valence-electron chi connectivity index (χ4n) is 7.74. The maximum Gasteiger partial charge on any atom is 0.00979 e. The smallest absolute Gasteiger partial charge is 0.00979 e. The van der Waals surface area contributed by atoms with Gasteiger partial charge in [0.1, 0.15) is 0 Å². The predicted molar refractivity (Wildman–Crippen MR) is 125 cm³/mol. The van der Waals surface area contributed by atoms with E-state index in [9.17, 15) is 0 Å². The van der Waals surface area contributed by atoms with Crippen molar-refractivity contribution in [2.75, 3.05) is 13.1 Å². The molecule has 0 spiro atoms. The van der Waals surface area contributed by atoms with Gasteiger partial charge in [0.15, 0.2) is 0 Å². The van der Waals surface area contributed by atoms with Crippen LogP contribution in [0.25, 0.3) is 0 Å². The Labute approximate surface area is 181 Å². The van der Waals surface area contributed by atoms with Gasteiger partial charge in [-0.1, -0.05) is 89.9 Å². The molecule has 2 heteroatoms.